The first-order chi connectivity index (χ1) is 14.5. The largest absolute Gasteiger partial charge is 0.422 e. The highest BCUT2D eigenvalue weighted by Gasteiger charge is 2.51. The zero-order valence-corrected chi connectivity index (χ0v) is 17.5. The van der Waals surface area contributed by atoms with Crippen molar-refractivity contribution in [2.75, 3.05) is 26.8 Å². The fourth-order valence-electron chi connectivity index (χ4n) is 5.51. The SMILES string of the molecule is CN1C[C@H](C(=O)N(C(=O)Oc2ccccc2)C2CC2)C[C@@H]2CC3(CC[C@H]21)OCCO3. The summed E-state index contributed by atoms with van der Waals surface area (Å²) in [6.07, 6.45) is 4.68. The van der Waals surface area contributed by atoms with Gasteiger partial charge in [-0.25, -0.2) is 9.69 Å². The monoisotopic (exact) mass is 414 g/mol. The van der Waals surface area contributed by atoms with Gasteiger partial charge in [-0.05, 0) is 50.8 Å². The maximum absolute atomic E-state index is 13.5. The van der Waals surface area contributed by atoms with Crippen LogP contribution in [0.3, 0.4) is 0 Å². The second-order valence-corrected chi connectivity index (χ2v) is 9.17. The molecule has 2 aliphatic carbocycles. The number of benzene rings is 1. The van der Waals surface area contributed by atoms with Gasteiger partial charge in [0.2, 0.25) is 5.91 Å². The van der Waals surface area contributed by atoms with E-state index >= 15 is 0 Å². The van der Waals surface area contributed by atoms with Crippen molar-refractivity contribution in [1.29, 1.82) is 0 Å². The molecule has 4 fully saturated rings. The lowest BCUT2D eigenvalue weighted by Gasteiger charge is -2.49. The Labute approximate surface area is 177 Å². The minimum Gasteiger partial charge on any atom is -0.410 e. The van der Waals surface area contributed by atoms with Gasteiger partial charge >= 0.3 is 6.09 Å². The van der Waals surface area contributed by atoms with Crippen molar-refractivity contribution in [3.05, 3.63) is 30.3 Å². The molecule has 1 spiro atoms. The molecule has 2 saturated carbocycles. The Balaban J connectivity index is 1.29. The summed E-state index contributed by atoms with van der Waals surface area (Å²) in [5.74, 6) is 0.0191. The normalized spacial score (nSPS) is 30.6. The topological polar surface area (TPSA) is 68.3 Å². The standard InChI is InChI=1S/C23H30N2O5/c1-24-15-17(13-16-14-23(10-9-20(16)24)28-11-12-29-23)21(26)25(18-7-8-18)22(27)30-19-5-3-2-4-6-19/h2-6,16-18,20H,7-15H2,1H3/t16-,17-,20-/m1/s1. The van der Waals surface area contributed by atoms with E-state index in [1.54, 1.807) is 12.1 Å². The molecule has 2 aliphatic heterocycles. The van der Waals surface area contributed by atoms with E-state index in [4.69, 9.17) is 14.2 Å². The third kappa shape index (κ3) is 3.86. The average Bonchev–Trinajstić information content (AvgIpc) is 3.47. The summed E-state index contributed by atoms with van der Waals surface area (Å²) in [5.41, 5.74) is 0. The molecule has 2 amide bonds. The first-order valence-electron chi connectivity index (χ1n) is 11.1. The molecule has 30 heavy (non-hydrogen) atoms. The number of fused-ring (bicyclic) bond motifs is 1. The number of imide groups is 1. The maximum Gasteiger partial charge on any atom is 0.422 e. The number of hydrogen-bond acceptors (Lipinski definition) is 6. The van der Waals surface area contributed by atoms with Crippen LogP contribution in [0.15, 0.2) is 30.3 Å². The van der Waals surface area contributed by atoms with E-state index in [1.807, 2.05) is 18.2 Å². The smallest absolute Gasteiger partial charge is 0.410 e. The summed E-state index contributed by atoms with van der Waals surface area (Å²) in [6.45, 7) is 1.98. The van der Waals surface area contributed by atoms with Crippen LogP contribution in [0.5, 0.6) is 5.75 Å². The summed E-state index contributed by atoms with van der Waals surface area (Å²) in [6, 6.07) is 9.37. The molecule has 4 aliphatic rings. The molecule has 0 aromatic heterocycles. The Hall–Kier alpha value is -1.96. The van der Waals surface area contributed by atoms with Gasteiger partial charge in [-0.1, -0.05) is 18.2 Å². The minimum absolute atomic E-state index is 0.0315. The molecule has 0 bridgehead atoms. The van der Waals surface area contributed by atoms with Crippen molar-refractivity contribution in [1.82, 2.24) is 9.80 Å². The highest BCUT2D eigenvalue weighted by Crippen LogP contribution is 2.45. The van der Waals surface area contributed by atoms with Crippen LogP contribution in [0, 0.1) is 11.8 Å². The molecular formula is C23H30N2O5. The van der Waals surface area contributed by atoms with Crippen LogP contribution in [0.1, 0.15) is 38.5 Å². The molecule has 162 valence electrons. The van der Waals surface area contributed by atoms with Crippen LogP contribution in [-0.2, 0) is 14.3 Å². The quantitative estimate of drug-likeness (QED) is 0.757. The number of rotatable bonds is 3. The minimum atomic E-state index is -0.555. The molecule has 5 rings (SSSR count). The number of piperidine rings is 1. The molecule has 0 unspecified atom stereocenters. The van der Waals surface area contributed by atoms with Crippen molar-refractivity contribution in [3.8, 4) is 5.75 Å². The summed E-state index contributed by atoms with van der Waals surface area (Å²) in [5, 5.41) is 0. The fraction of sp³-hybridized carbons (Fsp3) is 0.652. The van der Waals surface area contributed by atoms with Crippen molar-refractivity contribution in [2.45, 2.75) is 56.4 Å². The zero-order valence-electron chi connectivity index (χ0n) is 17.5. The lowest BCUT2D eigenvalue weighted by Crippen LogP contribution is -2.56. The van der Waals surface area contributed by atoms with E-state index in [-0.39, 0.29) is 17.9 Å². The van der Waals surface area contributed by atoms with Gasteiger partial charge in [0.15, 0.2) is 5.79 Å². The molecule has 3 atom stereocenters. The third-order valence-corrected chi connectivity index (χ3v) is 7.06. The van der Waals surface area contributed by atoms with Crippen molar-refractivity contribution < 1.29 is 23.8 Å². The van der Waals surface area contributed by atoms with E-state index in [0.29, 0.717) is 37.5 Å². The van der Waals surface area contributed by atoms with Crippen LogP contribution in [0.4, 0.5) is 4.79 Å². The van der Waals surface area contributed by atoms with Gasteiger partial charge in [0.1, 0.15) is 5.75 Å². The lowest BCUT2D eigenvalue weighted by atomic mass is 9.72. The average molecular weight is 415 g/mol. The van der Waals surface area contributed by atoms with Gasteiger partial charge in [-0.15, -0.1) is 0 Å². The number of hydrogen-bond donors (Lipinski definition) is 0. The number of amides is 2. The van der Waals surface area contributed by atoms with E-state index < -0.39 is 11.9 Å². The van der Waals surface area contributed by atoms with Crippen LogP contribution in [0.2, 0.25) is 0 Å². The molecule has 1 aromatic carbocycles. The number of carbonyl (C=O) groups is 2. The molecule has 2 saturated heterocycles. The van der Waals surface area contributed by atoms with E-state index in [1.165, 1.54) is 4.90 Å². The van der Waals surface area contributed by atoms with Gasteiger partial charge in [-0.3, -0.25) is 4.79 Å². The molecule has 7 nitrogen and oxygen atoms in total. The summed E-state index contributed by atoms with van der Waals surface area (Å²) < 4.78 is 17.4. The van der Waals surface area contributed by atoms with E-state index in [2.05, 4.69) is 11.9 Å². The molecule has 2 heterocycles. The number of nitrogens with zero attached hydrogens (tertiary/aromatic N) is 2. The van der Waals surface area contributed by atoms with Crippen molar-refractivity contribution >= 4 is 12.0 Å². The number of carbonyl (C=O) groups excluding carboxylic acids is 2. The Morgan fingerprint density at radius 1 is 1.13 bits per heavy atom. The Bertz CT molecular complexity index is 790. The van der Waals surface area contributed by atoms with Crippen LogP contribution < -0.4 is 4.74 Å². The van der Waals surface area contributed by atoms with Gasteiger partial charge in [0, 0.05) is 31.5 Å². The zero-order chi connectivity index (χ0) is 20.7. The van der Waals surface area contributed by atoms with Crippen LogP contribution >= 0.6 is 0 Å². The highest BCUT2D eigenvalue weighted by atomic mass is 16.7. The summed E-state index contributed by atoms with van der Waals surface area (Å²) in [4.78, 5) is 30.0. The second-order valence-electron chi connectivity index (χ2n) is 9.17. The van der Waals surface area contributed by atoms with Crippen molar-refractivity contribution in [3.63, 3.8) is 0 Å². The predicted octanol–water partition coefficient (Wildman–Crippen LogP) is 3.04. The van der Waals surface area contributed by atoms with Crippen molar-refractivity contribution in [2.24, 2.45) is 11.8 Å². The number of ether oxygens (including phenoxy) is 3. The van der Waals surface area contributed by atoms with Crippen LogP contribution in [-0.4, -0.2) is 66.5 Å². The molecular weight excluding hydrogens is 384 g/mol. The van der Waals surface area contributed by atoms with Gasteiger partial charge < -0.3 is 19.1 Å². The number of likely N-dealkylation sites (tertiary alicyclic amines) is 1. The summed E-state index contributed by atoms with van der Waals surface area (Å²) in [7, 11) is 2.09. The fourth-order valence-corrected chi connectivity index (χ4v) is 5.51. The third-order valence-electron chi connectivity index (χ3n) is 7.06. The van der Waals surface area contributed by atoms with E-state index in [9.17, 15) is 9.59 Å². The van der Waals surface area contributed by atoms with Gasteiger partial charge in [0.05, 0.1) is 19.1 Å². The second kappa shape index (κ2) is 7.94. The molecule has 0 N–H and O–H groups in total. The van der Waals surface area contributed by atoms with Crippen LogP contribution in [0.25, 0.3) is 0 Å². The molecule has 0 radical (unpaired) electrons. The predicted molar refractivity (Wildman–Crippen MR) is 109 cm³/mol. The Morgan fingerprint density at radius 3 is 2.57 bits per heavy atom. The Morgan fingerprint density at radius 2 is 1.87 bits per heavy atom. The Kier molecular flexibility index (Phi) is 5.29. The molecule has 7 heteroatoms. The highest BCUT2D eigenvalue weighted by molar-refractivity contribution is 5.95. The lowest BCUT2D eigenvalue weighted by molar-refractivity contribution is -0.202. The number of para-hydroxylation sites is 1. The molecule has 1 aromatic rings. The maximum atomic E-state index is 13.5. The van der Waals surface area contributed by atoms with Gasteiger partial charge in [0.25, 0.3) is 0 Å². The van der Waals surface area contributed by atoms with Gasteiger partial charge in [-0.2, -0.15) is 0 Å². The van der Waals surface area contributed by atoms with E-state index in [0.717, 1.165) is 38.5 Å². The first kappa shape index (κ1) is 20.0. The summed E-state index contributed by atoms with van der Waals surface area (Å²) >= 11 is 0. The first-order valence-corrected chi connectivity index (χ1v) is 11.1.